The van der Waals surface area contributed by atoms with E-state index in [-0.39, 0.29) is 5.91 Å². The van der Waals surface area contributed by atoms with Crippen molar-refractivity contribution < 1.29 is 4.79 Å². The topological polar surface area (TPSA) is 32.3 Å². The van der Waals surface area contributed by atoms with Crippen LogP contribution in [0, 0.1) is 0 Å². The minimum atomic E-state index is 0.126. The Morgan fingerprint density at radius 3 is 2.85 bits per heavy atom. The van der Waals surface area contributed by atoms with Gasteiger partial charge < -0.3 is 10.2 Å². The predicted molar refractivity (Wildman–Crippen MR) is 85.2 cm³/mol. The van der Waals surface area contributed by atoms with Crippen molar-refractivity contribution in [1.82, 2.24) is 10.2 Å². The number of amides is 1. The highest BCUT2D eigenvalue weighted by atomic mass is 35.5. The van der Waals surface area contributed by atoms with Crippen LogP contribution in [-0.4, -0.2) is 29.9 Å². The molecule has 0 aromatic carbocycles. The fourth-order valence-electron chi connectivity index (χ4n) is 2.51. The third-order valence-electron chi connectivity index (χ3n) is 3.57. The normalized spacial score (nSPS) is 15.4. The lowest BCUT2D eigenvalue weighted by Gasteiger charge is -2.22. The van der Waals surface area contributed by atoms with Crippen molar-refractivity contribution in [2.24, 2.45) is 0 Å². The monoisotopic (exact) mass is 312 g/mol. The Morgan fingerprint density at radius 1 is 1.50 bits per heavy atom. The van der Waals surface area contributed by atoms with Crippen LogP contribution in [0.25, 0.3) is 0 Å². The van der Waals surface area contributed by atoms with Crippen LogP contribution in [0.4, 0.5) is 0 Å². The molecule has 5 heteroatoms. The number of rotatable bonds is 7. The van der Waals surface area contributed by atoms with E-state index in [0.717, 1.165) is 9.21 Å². The minimum absolute atomic E-state index is 0.126. The molecule has 2 rings (SSSR count). The van der Waals surface area contributed by atoms with Crippen molar-refractivity contribution in [3.63, 3.8) is 0 Å². The van der Waals surface area contributed by atoms with Gasteiger partial charge in [-0.2, -0.15) is 0 Å². The number of carbonyl (C=O) groups excluding carboxylic acids is 1. The van der Waals surface area contributed by atoms with Crippen molar-refractivity contribution >= 4 is 28.8 Å². The van der Waals surface area contributed by atoms with Gasteiger partial charge in [0, 0.05) is 17.5 Å². The van der Waals surface area contributed by atoms with E-state index in [0.29, 0.717) is 25.7 Å². The average Bonchev–Trinajstić information content (AvgIpc) is 3.07. The molecule has 0 aliphatic heterocycles. The molecule has 1 N–H and O–H groups in total. The highest BCUT2D eigenvalue weighted by Crippen LogP contribution is 2.23. The van der Waals surface area contributed by atoms with E-state index in [1.807, 2.05) is 17.0 Å². The summed E-state index contributed by atoms with van der Waals surface area (Å²) in [5.74, 6) is 0.126. The maximum Gasteiger partial charge on any atom is 0.237 e. The second-order valence-corrected chi connectivity index (χ2v) is 6.93. The van der Waals surface area contributed by atoms with E-state index in [2.05, 4.69) is 11.9 Å². The SMILES string of the molecule is C=CCN(Cc1ccc(Cl)s1)C(=O)CNC1CCCC1. The van der Waals surface area contributed by atoms with Crippen molar-refractivity contribution in [1.29, 1.82) is 0 Å². The first kappa shape index (κ1) is 15.5. The highest BCUT2D eigenvalue weighted by Gasteiger charge is 2.18. The minimum Gasteiger partial charge on any atom is -0.333 e. The maximum atomic E-state index is 12.3. The first-order valence-electron chi connectivity index (χ1n) is 7.05. The summed E-state index contributed by atoms with van der Waals surface area (Å²) in [7, 11) is 0. The molecule has 3 nitrogen and oxygen atoms in total. The Morgan fingerprint density at radius 2 is 2.25 bits per heavy atom. The van der Waals surface area contributed by atoms with Crippen LogP contribution in [0.1, 0.15) is 30.6 Å². The Balaban J connectivity index is 1.85. The molecule has 1 fully saturated rings. The van der Waals surface area contributed by atoms with Crippen LogP contribution in [0.2, 0.25) is 4.34 Å². The molecule has 1 aromatic heterocycles. The van der Waals surface area contributed by atoms with Gasteiger partial charge >= 0.3 is 0 Å². The van der Waals surface area contributed by atoms with Gasteiger partial charge in [0.2, 0.25) is 5.91 Å². The lowest BCUT2D eigenvalue weighted by Crippen LogP contribution is -2.40. The molecule has 0 unspecified atom stereocenters. The van der Waals surface area contributed by atoms with E-state index < -0.39 is 0 Å². The van der Waals surface area contributed by atoms with E-state index >= 15 is 0 Å². The first-order chi connectivity index (χ1) is 9.69. The quantitative estimate of drug-likeness (QED) is 0.782. The molecule has 20 heavy (non-hydrogen) atoms. The van der Waals surface area contributed by atoms with Crippen LogP contribution in [0.5, 0.6) is 0 Å². The van der Waals surface area contributed by atoms with Gasteiger partial charge in [0.05, 0.1) is 17.4 Å². The summed E-state index contributed by atoms with van der Waals surface area (Å²) in [5.41, 5.74) is 0. The third-order valence-corrected chi connectivity index (χ3v) is 4.79. The largest absolute Gasteiger partial charge is 0.333 e. The zero-order valence-electron chi connectivity index (χ0n) is 11.6. The highest BCUT2D eigenvalue weighted by molar-refractivity contribution is 7.16. The smallest absolute Gasteiger partial charge is 0.237 e. The molecule has 1 heterocycles. The van der Waals surface area contributed by atoms with Gasteiger partial charge in [-0.1, -0.05) is 30.5 Å². The van der Waals surface area contributed by atoms with Gasteiger partial charge in [0.25, 0.3) is 0 Å². The number of halogens is 1. The fourth-order valence-corrected chi connectivity index (χ4v) is 3.61. The summed E-state index contributed by atoms with van der Waals surface area (Å²) >= 11 is 7.45. The molecule has 1 aliphatic rings. The number of nitrogens with one attached hydrogen (secondary N) is 1. The van der Waals surface area contributed by atoms with Crippen LogP contribution in [-0.2, 0) is 11.3 Å². The fraction of sp³-hybridized carbons (Fsp3) is 0.533. The number of nitrogens with zero attached hydrogens (tertiary/aromatic N) is 1. The van der Waals surface area contributed by atoms with Crippen molar-refractivity contribution in [2.45, 2.75) is 38.3 Å². The lowest BCUT2D eigenvalue weighted by atomic mass is 10.2. The second kappa shape index (κ2) is 7.81. The van der Waals surface area contributed by atoms with Crippen LogP contribution in [0.3, 0.4) is 0 Å². The molecule has 0 saturated heterocycles. The summed E-state index contributed by atoms with van der Waals surface area (Å²) in [6, 6.07) is 4.36. The zero-order valence-corrected chi connectivity index (χ0v) is 13.2. The van der Waals surface area contributed by atoms with Crippen molar-refractivity contribution in [3.05, 3.63) is 34.0 Å². The molecular formula is C15H21ClN2OS. The number of carbonyl (C=O) groups is 1. The Labute approximate surface area is 129 Å². The first-order valence-corrected chi connectivity index (χ1v) is 8.24. The van der Waals surface area contributed by atoms with Crippen LogP contribution >= 0.6 is 22.9 Å². The standard InChI is InChI=1S/C15H21ClN2OS/c1-2-9-18(11-13-7-8-14(16)20-13)15(19)10-17-12-5-3-4-6-12/h2,7-8,12,17H,1,3-6,9-11H2. The third kappa shape index (κ3) is 4.62. The van der Waals surface area contributed by atoms with Gasteiger partial charge in [-0.25, -0.2) is 0 Å². The number of hydrogen-bond donors (Lipinski definition) is 1. The molecule has 0 radical (unpaired) electrons. The Bertz CT molecular complexity index is 454. The molecule has 0 bridgehead atoms. The van der Waals surface area contributed by atoms with Crippen LogP contribution < -0.4 is 5.32 Å². The van der Waals surface area contributed by atoms with Crippen molar-refractivity contribution in [3.8, 4) is 0 Å². The van der Waals surface area contributed by atoms with Gasteiger partial charge in [-0.05, 0) is 25.0 Å². The van der Waals surface area contributed by atoms with Gasteiger partial charge in [-0.3, -0.25) is 4.79 Å². The lowest BCUT2D eigenvalue weighted by molar-refractivity contribution is -0.130. The number of thiophene rings is 1. The molecule has 1 amide bonds. The van der Waals surface area contributed by atoms with E-state index in [1.54, 1.807) is 6.08 Å². The van der Waals surface area contributed by atoms with E-state index in [9.17, 15) is 4.79 Å². The Hall–Kier alpha value is -0.840. The maximum absolute atomic E-state index is 12.3. The molecule has 1 aliphatic carbocycles. The van der Waals surface area contributed by atoms with Gasteiger partial charge in [-0.15, -0.1) is 17.9 Å². The van der Waals surface area contributed by atoms with E-state index in [4.69, 9.17) is 11.6 Å². The average molecular weight is 313 g/mol. The zero-order chi connectivity index (χ0) is 14.4. The number of hydrogen-bond acceptors (Lipinski definition) is 3. The predicted octanol–water partition coefficient (Wildman–Crippen LogP) is 3.45. The molecule has 110 valence electrons. The summed E-state index contributed by atoms with van der Waals surface area (Å²) in [6.45, 7) is 5.32. The molecular weight excluding hydrogens is 292 g/mol. The summed E-state index contributed by atoms with van der Waals surface area (Å²) in [4.78, 5) is 15.2. The molecule has 1 aromatic rings. The molecule has 0 spiro atoms. The molecule has 1 saturated carbocycles. The van der Waals surface area contributed by atoms with Crippen molar-refractivity contribution in [2.75, 3.05) is 13.1 Å². The summed E-state index contributed by atoms with van der Waals surface area (Å²) in [5, 5.41) is 3.36. The van der Waals surface area contributed by atoms with Crippen LogP contribution in [0.15, 0.2) is 24.8 Å². The summed E-state index contributed by atoms with van der Waals surface area (Å²) < 4.78 is 0.759. The summed E-state index contributed by atoms with van der Waals surface area (Å²) in [6.07, 6.45) is 6.69. The molecule has 0 atom stereocenters. The van der Waals surface area contributed by atoms with E-state index in [1.165, 1.54) is 37.0 Å². The van der Waals surface area contributed by atoms with Gasteiger partial charge in [0.15, 0.2) is 0 Å². The Kier molecular flexibility index (Phi) is 6.07. The second-order valence-electron chi connectivity index (χ2n) is 5.13. The van der Waals surface area contributed by atoms with Gasteiger partial charge in [0.1, 0.15) is 0 Å².